The molecule has 166 valence electrons. The van der Waals surface area contributed by atoms with Gasteiger partial charge in [0.1, 0.15) is 5.82 Å². The van der Waals surface area contributed by atoms with Crippen molar-refractivity contribution < 1.29 is 13.7 Å². The maximum atomic E-state index is 13.9. The second-order valence-corrected chi connectivity index (χ2v) is 8.99. The Morgan fingerprint density at radius 1 is 1.15 bits per heavy atom. The quantitative estimate of drug-likeness (QED) is 0.357. The van der Waals surface area contributed by atoms with Crippen LogP contribution in [0.15, 0.2) is 70.2 Å². The van der Waals surface area contributed by atoms with E-state index in [-0.39, 0.29) is 11.8 Å². The first-order chi connectivity index (χ1) is 15.9. The van der Waals surface area contributed by atoms with Crippen LogP contribution in [0.3, 0.4) is 0 Å². The Labute approximate surface area is 198 Å². The number of carbonyl (C=O) groups is 1. The lowest BCUT2D eigenvalue weighted by molar-refractivity contribution is 0.244. The fourth-order valence-electron chi connectivity index (χ4n) is 3.84. The summed E-state index contributed by atoms with van der Waals surface area (Å²) in [5.74, 6) is 0.422. The normalized spacial score (nSPS) is 16.3. The standard InChI is InChI=1S/C24H18ClFN4O2S/c1-13-12-17(9-10-18(13)26)30-14(2)20(23-28-22(29-32-23)19-4-3-11-33-19)21(27-24(30)31)15-5-7-16(25)8-6-15/h3-12,21H,1-2H3,(H,27,31). The predicted octanol–water partition coefficient (Wildman–Crippen LogP) is 6.60. The number of aryl methyl sites for hydroxylation is 1. The van der Waals surface area contributed by atoms with E-state index in [0.717, 1.165) is 10.4 Å². The molecule has 0 spiro atoms. The van der Waals surface area contributed by atoms with Gasteiger partial charge in [0.2, 0.25) is 5.82 Å². The molecule has 33 heavy (non-hydrogen) atoms. The molecule has 0 saturated heterocycles. The Morgan fingerprint density at radius 3 is 2.64 bits per heavy atom. The minimum absolute atomic E-state index is 0.291. The fraction of sp³-hybridized carbons (Fsp3) is 0.125. The van der Waals surface area contributed by atoms with Gasteiger partial charge in [-0.2, -0.15) is 4.98 Å². The van der Waals surface area contributed by atoms with Crippen molar-refractivity contribution in [1.29, 1.82) is 0 Å². The number of hydrogen-bond acceptors (Lipinski definition) is 5. The van der Waals surface area contributed by atoms with Crippen LogP contribution >= 0.6 is 22.9 Å². The van der Waals surface area contributed by atoms with Crippen molar-refractivity contribution in [3.8, 4) is 10.7 Å². The zero-order valence-corrected chi connectivity index (χ0v) is 19.2. The first-order valence-electron chi connectivity index (χ1n) is 10.1. The second kappa shape index (κ2) is 8.46. The Bertz CT molecular complexity index is 1370. The smallest absolute Gasteiger partial charge is 0.326 e. The maximum absolute atomic E-state index is 13.9. The average molecular weight is 481 g/mol. The summed E-state index contributed by atoms with van der Waals surface area (Å²) >= 11 is 7.58. The van der Waals surface area contributed by atoms with E-state index in [2.05, 4.69) is 15.5 Å². The molecule has 2 aromatic carbocycles. The second-order valence-electron chi connectivity index (χ2n) is 7.60. The van der Waals surface area contributed by atoms with E-state index < -0.39 is 6.04 Å². The fourth-order valence-corrected chi connectivity index (χ4v) is 4.62. The van der Waals surface area contributed by atoms with Crippen molar-refractivity contribution in [2.45, 2.75) is 19.9 Å². The topological polar surface area (TPSA) is 71.3 Å². The largest absolute Gasteiger partial charge is 0.334 e. The monoisotopic (exact) mass is 480 g/mol. The molecule has 0 bridgehead atoms. The van der Waals surface area contributed by atoms with Gasteiger partial charge in [-0.3, -0.25) is 4.90 Å². The molecule has 0 aliphatic carbocycles. The van der Waals surface area contributed by atoms with Crippen LogP contribution < -0.4 is 10.2 Å². The molecule has 6 nitrogen and oxygen atoms in total. The summed E-state index contributed by atoms with van der Waals surface area (Å²) in [5.41, 5.74) is 3.04. The number of thiophene rings is 1. The number of anilines is 1. The lowest BCUT2D eigenvalue weighted by atomic mass is 9.94. The van der Waals surface area contributed by atoms with Crippen molar-refractivity contribution >= 4 is 40.2 Å². The zero-order chi connectivity index (χ0) is 23.1. The van der Waals surface area contributed by atoms with Gasteiger partial charge in [0.05, 0.1) is 22.2 Å². The molecule has 0 fully saturated rings. The molecule has 2 amide bonds. The van der Waals surface area contributed by atoms with Gasteiger partial charge >= 0.3 is 6.03 Å². The van der Waals surface area contributed by atoms with Crippen LogP contribution in [0.25, 0.3) is 16.3 Å². The number of rotatable bonds is 4. The van der Waals surface area contributed by atoms with Gasteiger partial charge in [0, 0.05) is 10.7 Å². The number of nitrogens with one attached hydrogen (secondary N) is 1. The van der Waals surface area contributed by atoms with Crippen molar-refractivity contribution in [3.63, 3.8) is 0 Å². The highest BCUT2D eigenvalue weighted by molar-refractivity contribution is 7.13. The van der Waals surface area contributed by atoms with Crippen LogP contribution in [0, 0.1) is 12.7 Å². The molecule has 1 aliphatic rings. The molecule has 0 saturated carbocycles. The number of carbonyl (C=O) groups excluding carboxylic acids is 1. The highest BCUT2D eigenvalue weighted by Crippen LogP contribution is 2.39. The van der Waals surface area contributed by atoms with E-state index in [1.54, 1.807) is 31.2 Å². The van der Waals surface area contributed by atoms with Gasteiger partial charge in [-0.1, -0.05) is 35.0 Å². The summed E-state index contributed by atoms with van der Waals surface area (Å²) in [7, 11) is 0. The third kappa shape index (κ3) is 3.92. The molecule has 5 rings (SSSR count). The number of amides is 2. The third-order valence-corrected chi connectivity index (χ3v) is 6.60. The average Bonchev–Trinajstić information content (AvgIpc) is 3.48. The minimum atomic E-state index is -0.538. The van der Waals surface area contributed by atoms with E-state index in [9.17, 15) is 9.18 Å². The third-order valence-electron chi connectivity index (χ3n) is 5.49. The van der Waals surface area contributed by atoms with Gasteiger partial charge in [0.15, 0.2) is 0 Å². The van der Waals surface area contributed by atoms with Crippen molar-refractivity contribution in [2.75, 3.05) is 4.90 Å². The van der Waals surface area contributed by atoms with E-state index in [0.29, 0.717) is 39.3 Å². The lowest BCUT2D eigenvalue weighted by Gasteiger charge is -2.35. The SMILES string of the molecule is CC1=C(c2nc(-c3cccs3)no2)C(c2ccc(Cl)cc2)NC(=O)N1c1ccc(F)c(C)c1. The zero-order valence-electron chi connectivity index (χ0n) is 17.7. The summed E-state index contributed by atoms with van der Waals surface area (Å²) in [6.07, 6.45) is 0. The van der Waals surface area contributed by atoms with Crippen molar-refractivity contribution in [2.24, 2.45) is 0 Å². The molecule has 3 heterocycles. The van der Waals surface area contributed by atoms with Gasteiger partial charge in [-0.15, -0.1) is 11.3 Å². The molecule has 9 heteroatoms. The number of nitrogens with zero attached hydrogens (tertiary/aromatic N) is 3. The van der Waals surface area contributed by atoms with Crippen LogP contribution in [0.5, 0.6) is 0 Å². The molecule has 4 aromatic rings. The van der Waals surface area contributed by atoms with Crippen molar-refractivity contribution in [3.05, 3.63) is 93.5 Å². The highest BCUT2D eigenvalue weighted by Gasteiger charge is 2.36. The number of hydrogen-bond donors (Lipinski definition) is 1. The summed E-state index contributed by atoms with van der Waals surface area (Å²) in [6, 6.07) is 14.7. The first-order valence-corrected chi connectivity index (χ1v) is 11.4. The molecular formula is C24H18ClFN4O2S. The van der Waals surface area contributed by atoms with Gasteiger partial charge in [0.25, 0.3) is 5.89 Å². The van der Waals surface area contributed by atoms with Crippen LogP contribution in [0.4, 0.5) is 14.9 Å². The number of aromatic nitrogens is 2. The minimum Gasteiger partial charge on any atom is -0.334 e. The molecule has 0 radical (unpaired) electrons. The van der Waals surface area contributed by atoms with Crippen LogP contribution in [-0.4, -0.2) is 16.2 Å². The molecule has 1 atom stereocenters. The Balaban J connectivity index is 1.67. The molecule has 1 aliphatic heterocycles. The van der Waals surface area contributed by atoms with Gasteiger partial charge in [-0.25, -0.2) is 9.18 Å². The van der Waals surface area contributed by atoms with Crippen LogP contribution in [0.2, 0.25) is 5.02 Å². The maximum Gasteiger partial charge on any atom is 0.326 e. The first kappa shape index (κ1) is 21.4. The highest BCUT2D eigenvalue weighted by atomic mass is 35.5. The molecule has 1 N–H and O–H groups in total. The van der Waals surface area contributed by atoms with E-state index >= 15 is 0 Å². The number of urea groups is 1. The molecule has 2 aromatic heterocycles. The summed E-state index contributed by atoms with van der Waals surface area (Å²) in [6.45, 7) is 3.47. The summed E-state index contributed by atoms with van der Waals surface area (Å²) < 4.78 is 19.5. The van der Waals surface area contributed by atoms with E-state index in [4.69, 9.17) is 16.1 Å². The van der Waals surface area contributed by atoms with Crippen LogP contribution in [0.1, 0.15) is 30.0 Å². The number of benzene rings is 2. The number of allylic oxidation sites excluding steroid dienone is 1. The lowest BCUT2D eigenvalue weighted by Crippen LogP contribution is -2.46. The Morgan fingerprint density at radius 2 is 1.94 bits per heavy atom. The van der Waals surface area contributed by atoms with Crippen LogP contribution in [-0.2, 0) is 0 Å². The van der Waals surface area contributed by atoms with Gasteiger partial charge in [-0.05, 0) is 66.8 Å². The van der Waals surface area contributed by atoms with Crippen molar-refractivity contribution in [1.82, 2.24) is 15.5 Å². The molecular weight excluding hydrogens is 463 g/mol. The Hall–Kier alpha value is -3.49. The van der Waals surface area contributed by atoms with Gasteiger partial charge < -0.3 is 9.84 Å². The van der Waals surface area contributed by atoms with E-state index in [1.165, 1.54) is 22.3 Å². The predicted molar refractivity (Wildman–Crippen MR) is 127 cm³/mol. The number of halogens is 2. The summed E-state index contributed by atoms with van der Waals surface area (Å²) in [4.78, 5) is 20.2. The van der Waals surface area contributed by atoms with E-state index in [1.807, 2.05) is 36.6 Å². The molecule has 1 unspecified atom stereocenters. The summed E-state index contributed by atoms with van der Waals surface area (Å²) in [5, 5.41) is 9.69. The Kier molecular flexibility index (Phi) is 5.47.